The zero-order valence-corrected chi connectivity index (χ0v) is 21.9. The Kier molecular flexibility index (Phi) is 6.88. The number of nitrogens with one attached hydrogen (secondary N) is 1. The number of alkyl carbamates (subject to hydrolysis) is 1. The molecular weight excluding hydrogens is 487 g/mol. The lowest BCUT2D eigenvalue weighted by molar-refractivity contribution is 0.00578. The first-order chi connectivity index (χ1) is 18.1. The highest BCUT2D eigenvalue weighted by atomic mass is 19.2. The normalized spacial score (nSPS) is 17.7. The lowest BCUT2D eigenvalue weighted by Gasteiger charge is -2.32. The maximum absolute atomic E-state index is 14.5. The summed E-state index contributed by atoms with van der Waals surface area (Å²) in [7, 11) is -0.864. The standard InChI is InChI=1S/C30H30BF2NO4/c1-29(2)30(3,4)38-31(37-29)20(16-19-10-9-15-26(32)27(19)33)17-34-28(35)36-18-25-23-13-7-5-11-21(23)22-12-6-8-14-24(22)25/h5-16,25H,17-18H2,1-4H3,(H,34,35). The lowest BCUT2D eigenvalue weighted by atomic mass is 9.77. The van der Waals surface area contributed by atoms with E-state index in [1.807, 2.05) is 64.1 Å². The Morgan fingerprint density at radius 2 is 1.50 bits per heavy atom. The van der Waals surface area contributed by atoms with Gasteiger partial charge in [0.15, 0.2) is 11.6 Å². The fraction of sp³-hybridized carbons (Fsp3) is 0.300. The van der Waals surface area contributed by atoms with Crippen molar-refractivity contribution in [2.45, 2.75) is 44.8 Å². The first-order valence-electron chi connectivity index (χ1n) is 12.7. The molecule has 0 saturated carbocycles. The van der Waals surface area contributed by atoms with Gasteiger partial charge in [-0.2, -0.15) is 0 Å². The van der Waals surface area contributed by atoms with Crippen LogP contribution in [-0.2, 0) is 14.0 Å². The topological polar surface area (TPSA) is 56.8 Å². The predicted molar refractivity (Wildman–Crippen MR) is 143 cm³/mol. The largest absolute Gasteiger partial charge is 0.492 e. The molecule has 1 aliphatic carbocycles. The molecule has 1 amide bonds. The molecule has 5 nitrogen and oxygen atoms in total. The van der Waals surface area contributed by atoms with Gasteiger partial charge in [0.2, 0.25) is 0 Å². The number of benzene rings is 3. The highest BCUT2D eigenvalue weighted by molar-refractivity contribution is 6.56. The molecular formula is C30H30BF2NO4. The number of hydrogen-bond acceptors (Lipinski definition) is 4. The van der Waals surface area contributed by atoms with Gasteiger partial charge >= 0.3 is 13.2 Å². The van der Waals surface area contributed by atoms with Crippen molar-refractivity contribution in [2.75, 3.05) is 13.2 Å². The van der Waals surface area contributed by atoms with E-state index in [2.05, 4.69) is 17.4 Å². The van der Waals surface area contributed by atoms with Gasteiger partial charge in [-0.3, -0.25) is 0 Å². The predicted octanol–water partition coefficient (Wildman–Crippen LogP) is 6.52. The number of carbonyl (C=O) groups is 1. The molecule has 1 aliphatic heterocycles. The van der Waals surface area contributed by atoms with E-state index in [9.17, 15) is 13.6 Å². The van der Waals surface area contributed by atoms with Crippen LogP contribution in [0.5, 0.6) is 0 Å². The molecule has 8 heteroatoms. The Balaban J connectivity index is 1.31. The van der Waals surface area contributed by atoms with Gasteiger partial charge in [-0.25, -0.2) is 13.6 Å². The average molecular weight is 517 g/mol. The van der Waals surface area contributed by atoms with E-state index in [1.165, 1.54) is 18.2 Å². The maximum Gasteiger partial charge on any atom is 0.492 e. The van der Waals surface area contributed by atoms with Crippen LogP contribution in [0.4, 0.5) is 13.6 Å². The average Bonchev–Trinajstić information content (AvgIpc) is 3.32. The summed E-state index contributed by atoms with van der Waals surface area (Å²) in [5, 5.41) is 2.73. The van der Waals surface area contributed by atoms with Crippen molar-refractivity contribution in [3.63, 3.8) is 0 Å². The molecule has 1 saturated heterocycles. The van der Waals surface area contributed by atoms with Crippen molar-refractivity contribution in [1.82, 2.24) is 5.32 Å². The highest BCUT2D eigenvalue weighted by Gasteiger charge is 2.52. The number of rotatable bonds is 6. The van der Waals surface area contributed by atoms with Crippen molar-refractivity contribution in [1.29, 1.82) is 0 Å². The summed E-state index contributed by atoms with van der Waals surface area (Å²) < 4.78 is 46.2. The number of hydrogen-bond donors (Lipinski definition) is 1. The molecule has 3 aromatic rings. The monoisotopic (exact) mass is 517 g/mol. The van der Waals surface area contributed by atoms with E-state index in [0.717, 1.165) is 28.3 Å². The fourth-order valence-electron chi connectivity index (χ4n) is 4.85. The molecule has 0 aromatic heterocycles. The first-order valence-corrected chi connectivity index (χ1v) is 12.7. The Morgan fingerprint density at radius 3 is 2.11 bits per heavy atom. The third kappa shape index (κ3) is 4.86. The molecule has 3 aromatic carbocycles. The van der Waals surface area contributed by atoms with Crippen LogP contribution in [0, 0.1) is 11.6 Å². The van der Waals surface area contributed by atoms with Gasteiger partial charge in [-0.1, -0.05) is 66.7 Å². The summed E-state index contributed by atoms with van der Waals surface area (Å²) in [6.45, 7) is 7.70. The highest BCUT2D eigenvalue weighted by Crippen LogP contribution is 2.44. The maximum atomic E-state index is 14.5. The lowest BCUT2D eigenvalue weighted by Crippen LogP contribution is -2.41. The summed E-state index contributed by atoms with van der Waals surface area (Å²) in [4.78, 5) is 12.8. The van der Waals surface area contributed by atoms with E-state index in [-0.39, 0.29) is 24.6 Å². The summed E-state index contributed by atoms with van der Waals surface area (Å²) in [6, 6.07) is 20.1. The molecule has 0 spiro atoms. The van der Waals surface area contributed by atoms with Crippen molar-refractivity contribution < 1.29 is 27.6 Å². The van der Waals surface area contributed by atoms with E-state index < -0.39 is 36.0 Å². The van der Waals surface area contributed by atoms with Crippen LogP contribution < -0.4 is 5.32 Å². The van der Waals surface area contributed by atoms with E-state index >= 15 is 0 Å². The molecule has 0 atom stereocenters. The molecule has 38 heavy (non-hydrogen) atoms. The second kappa shape index (κ2) is 10.0. The fourth-order valence-corrected chi connectivity index (χ4v) is 4.85. The second-order valence-electron chi connectivity index (χ2n) is 10.6. The second-order valence-corrected chi connectivity index (χ2v) is 10.6. The number of halogens is 2. The van der Waals surface area contributed by atoms with Gasteiger partial charge in [0.25, 0.3) is 0 Å². The van der Waals surface area contributed by atoms with Gasteiger partial charge < -0.3 is 19.4 Å². The van der Waals surface area contributed by atoms with Gasteiger partial charge in [0.05, 0.1) is 11.2 Å². The molecule has 1 heterocycles. The summed E-state index contributed by atoms with van der Waals surface area (Å²) in [6.07, 6.45) is 0.818. The minimum Gasteiger partial charge on any atom is -0.449 e. The zero-order chi connectivity index (χ0) is 27.1. The Labute approximate surface area is 221 Å². The van der Waals surface area contributed by atoms with Crippen molar-refractivity contribution in [2.24, 2.45) is 0 Å². The molecule has 1 fully saturated rings. The van der Waals surface area contributed by atoms with Gasteiger partial charge in [-0.05, 0) is 61.5 Å². The summed E-state index contributed by atoms with van der Waals surface area (Å²) >= 11 is 0. The van der Waals surface area contributed by atoms with Crippen LogP contribution in [-0.4, -0.2) is 37.6 Å². The third-order valence-electron chi connectivity index (χ3n) is 7.66. The summed E-state index contributed by atoms with van der Waals surface area (Å²) in [5.41, 5.74) is 3.66. The number of fused-ring (bicyclic) bond motifs is 3. The van der Waals surface area contributed by atoms with E-state index in [4.69, 9.17) is 14.0 Å². The Bertz CT molecular complexity index is 1340. The quantitative estimate of drug-likeness (QED) is 0.379. The van der Waals surface area contributed by atoms with Crippen molar-refractivity contribution >= 4 is 19.3 Å². The third-order valence-corrected chi connectivity index (χ3v) is 7.66. The molecule has 5 rings (SSSR count). The number of amides is 1. The van der Waals surface area contributed by atoms with Crippen molar-refractivity contribution in [3.05, 3.63) is 101 Å². The van der Waals surface area contributed by atoms with E-state index in [1.54, 1.807) is 0 Å². The zero-order valence-electron chi connectivity index (χ0n) is 21.9. The van der Waals surface area contributed by atoms with Crippen LogP contribution in [0.2, 0.25) is 0 Å². The van der Waals surface area contributed by atoms with Crippen LogP contribution in [0.15, 0.2) is 72.2 Å². The summed E-state index contributed by atoms with van der Waals surface area (Å²) in [5.74, 6) is -2.02. The minimum absolute atomic E-state index is 0.0315. The minimum atomic E-state index is -0.984. The van der Waals surface area contributed by atoms with E-state index in [0.29, 0.717) is 5.47 Å². The van der Waals surface area contributed by atoms with Gasteiger partial charge in [0, 0.05) is 18.0 Å². The van der Waals surface area contributed by atoms with Gasteiger partial charge in [-0.15, -0.1) is 0 Å². The number of ether oxygens (including phenoxy) is 1. The number of carbonyl (C=O) groups excluding carboxylic acids is 1. The van der Waals surface area contributed by atoms with Crippen molar-refractivity contribution in [3.8, 4) is 11.1 Å². The molecule has 0 radical (unpaired) electrons. The Hall–Kier alpha value is -3.49. The molecule has 2 aliphatic rings. The Morgan fingerprint density at radius 1 is 0.921 bits per heavy atom. The first kappa shape index (κ1) is 26.1. The molecule has 0 unspecified atom stereocenters. The SMILES string of the molecule is CC1(C)OB(C(=Cc2cccc(F)c2F)CNC(=O)OCC2c3ccccc3-c3ccccc32)OC1(C)C. The van der Waals surface area contributed by atoms with Crippen LogP contribution in [0.3, 0.4) is 0 Å². The van der Waals surface area contributed by atoms with Gasteiger partial charge in [0.1, 0.15) is 6.61 Å². The molecule has 0 bridgehead atoms. The van der Waals surface area contributed by atoms with Crippen LogP contribution in [0.25, 0.3) is 17.2 Å². The van der Waals surface area contributed by atoms with Crippen LogP contribution in [0.1, 0.15) is 50.3 Å². The smallest absolute Gasteiger partial charge is 0.449 e. The molecule has 196 valence electrons. The van der Waals surface area contributed by atoms with Crippen LogP contribution >= 0.6 is 0 Å². The molecule has 1 N–H and O–H groups in total.